The molecule has 0 spiro atoms. The highest BCUT2D eigenvalue weighted by molar-refractivity contribution is 6.37. The van der Waals surface area contributed by atoms with E-state index in [-0.39, 0.29) is 11.3 Å². The van der Waals surface area contributed by atoms with Crippen LogP contribution in [0.5, 0.6) is 0 Å². The lowest BCUT2D eigenvalue weighted by Crippen LogP contribution is -2.08. The average molecular weight is 345 g/mol. The molecular formula is C18H10Cl2O3. The Balaban J connectivity index is 1.91. The minimum absolute atomic E-state index is 0.229. The molecule has 2 aromatic rings. The highest BCUT2D eigenvalue weighted by atomic mass is 35.5. The van der Waals surface area contributed by atoms with Crippen LogP contribution in [0.4, 0.5) is 0 Å². The molecule has 0 bridgehead atoms. The molecule has 23 heavy (non-hydrogen) atoms. The highest BCUT2D eigenvalue weighted by Gasteiger charge is 2.32. The molecule has 0 fully saturated rings. The fraction of sp³-hybridized carbons (Fsp3) is 0. The van der Waals surface area contributed by atoms with Crippen LogP contribution in [0.3, 0.4) is 0 Å². The molecule has 2 aromatic carbocycles. The second kappa shape index (κ2) is 6.03. The molecule has 1 aliphatic rings. The van der Waals surface area contributed by atoms with Crippen LogP contribution >= 0.6 is 23.2 Å². The molecule has 1 aliphatic carbocycles. The van der Waals surface area contributed by atoms with Crippen LogP contribution in [0.25, 0.3) is 11.8 Å². The van der Waals surface area contributed by atoms with E-state index in [0.29, 0.717) is 26.7 Å². The molecule has 0 saturated carbocycles. The smallest absolute Gasteiger partial charge is 0.201 e. The Morgan fingerprint density at radius 3 is 2.39 bits per heavy atom. The lowest BCUT2D eigenvalue weighted by molar-refractivity contribution is -0.110. The third-order valence-electron chi connectivity index (χ3n) is 3.51. The summed E-state index contributed by atoms with van der Waals surface area (Å²) in [4.78, 5) is 24.5. The molecule has 114 valence electrons. The minimum Gasteiger partial charge on any atom is -0.506 e. The Bertz CT molecular complexity index is 895. The van der Waals surface area contributed by atoms with E-state index in [0.717, 1.165) is 0 Å². The standard InChI is InChI=1S/C18H10Cl2O3/c19-11-7-5-10(14(20)9-11)6-8-15(21)16-17(22)12-3-1-2-4-13(12)18(16)23/h1-9,22H/b8-6+. The summed E-state index contributed by atoms with van der Waals surface area (Å²) in [6.07, 6.45) is 2.70. The molecule has 0 saturated heterocycles. The molecule has 0 aromatic heterocycles. The maximum absolute atomic E-state index is 12.3. The van der Waals surface area contributed by atoms with Crippen LogP contribution in [0.1, 0.15) is 21.5 Å². The van der Waals surface area contributed by atoms with Crippen LogP contribution in [-0.2, 0) is 4.79 Å². The zero-order valence-electron chi connectivity index (χ0n) is 11.7. The molecule has 3 nitrogen and oxygen atoms in total. The van der Waals surface area contributed by atoms with Gasteiger partial charge in [-0.15, -0.1) is 0 Å². The van der Waals surface area contributed by atoms with Gasteiger partial charge in [0.25, 0.3) is 0 Å². The summed E-state index contributed by atoms with van der Waals surface area (Å²) in [7, 11) is 0. The number of rotatable bonds is 3. The maximum Gasteiger partial charge on any atom is 0.201 e. The van der Waals surface area contributed by atoms with Crippen molar-refractivity contribution in [2.24, 2.45) is 0 Å². The zero-order valence-corrected chi connectivity index (χ0v) is 13.2. The van der Waals surface area contributed by atoms with E-state index in [4.69, 9.17) is 23.2 Å². The first kappa shape index (κ1) is 15.5. The first-order valence-corrected chi connectivity index (χ1v) is 7.49. The van der Waals surface area contributed by atoms with E-state index in [1.165, 1.54) is 12.2 Å². The van der Waals surface area contributed by atoms with E-state index in [2.05, 4.69) is 0 Å². The second-order valence-corrected chi connectivity index (χ2v) is 5.81. The number of Topliss-reactive ketones (excluding diaryl/α,β-unsaturated/α-hetero) is 1. The summed E-state index contributed by atoms with van der Waals surface area (Å²) in [5.41, 5.74) is 1.06. The van der Waals surface area contributed by atoms with E-state index in [1.807, 2.05) is 0 Å². The van der Waals surface area contributed by atoms with Gasteiger partial charge in [-0.2, -0.15) is 0 Å². The first-order chi connectivity index (χ1) is 11.0. The van der Waals surface area contributed by atoms with Crippen molar-refractivity contribution in [3.05, 3.63) is 80.8 Å². The number of halogens is 2. The highest BCUT2D eigenvalue weighted by Crippen LogP contribution is 2.31. The Morgan fingerprint density at radius 1 is 1.04 bits per heavy atom. The third-order valence-corrected chi connectivity index (χ3v) is 4.08. The van der Waals surface area contributed by atoms with Crippen molar-refractivity contribution in [3.63, 3.8) is 0 Å². The van der Waals surface area contributed by atoms with Crippen LogP contribution in [0, 0.1) is 0 Å². The van der Waals surface area contributed by atoms with Crippen LogP contribution in [0.2, 0.25) is 10.0 Å². The van der Waals surface area contributed by atoms with E-state index < -0.39 is 11.6 Å². The van der Waals surface area contributed by atoms with Gasteiger partial charge in [0.05, 0.1) is 0 Å². The van der Waals surface area contributed by atoms with Gasteiger partial charge in [-0.3, -0.25) is 9.59 Å². The second-order valence-electron chi connectivity index (χ2n) is 4.96. The SMILES string of the molecule is O=C(/C=C/c1ccc(Cl)cc1Cl)C1=C(O)c2ccccc2C1=O. The molecule has 0 unspecified atom stereocenters. The Labute approximate surface area is 142 Å². The number of hydrogen-bond acceptors (Lipinski definition) is 3. The maximum atomic E-state index is 12.3. The van der Waals surface area contributed by atoms with Gasteiger partial charge in [-0.05, 0) is 29.8 Å². The summed E-state index contributed by atoms with van der Waals surface area (Å²) < 4.78 is 0. The molecule has 0 atom stereocenters. The summed E-state index contributed by atoms with van der Waals surface area (Å²) in [5, 5.41) is 11.0. The number of fused-ring (bicyclic) bond motifs is 1. The van der Waals surface area contributed by atoms with E-state index in [9.17, 15) is 14.7 Å². The molecular weight excluding hydrogens is 335 g/mol. The summed E-state index contributed by atoms with van der Waals surface area (Å²) >= 11 is 11.8. The first-order valence-electron chi connectivity index (χ1n) is 6.74. The van der Waals surface area contributed by atoms with Gasteiger partial charge in [-0.25, -0.2) is 0 Å². The van der Waals surface area contributed by atoms with Gasteiger partial charge in [0.2, 0.25) is 5.78 Å². The number of carbonyl (C=O) groups excluding carboxylic acids is 2. The van der Waals surface area contributed by atoms with Crippen molar-refractivity contribution in [1.29, 1.82) is 0 Å². The molecule has 0 heterocycles. The van der Waals surface area contributed by atoms with Crippen LogP contribution in [0.15, 0.2) is 54.1 Å². The monoisotopic (exact) mass is 344 g/mol. The molecule has 3 rings (SSSR count). The summed E-state index contributed by atoms with van der Waals surface area (Å²) in [5.74, 6) is -1.34. The predicted octanol–water partition coefficient (Wildman–Crippen LogP) is 4.74. The Hall–Kier alpha value is -2.36. The number of carbonyl (C=O) groups is 2. The fourth-order valence-corrected chi connectivity index (χ4v) is 2.85. The van der Waals surface area contributed by atoms with Gasteiger partial charge in [0.15, 0.2) is 5.78 Å². The number of hydrogen-bond donors (Lipinski definition) is 1. The zero-order chi connectivity index (χ0) is 16.6. The van der Waals surface area contributed by atoms with Gasteiger partial charge in [-0.1, -0.05) is 53.5 Å². The van der Waals surface area contributed by atoms with Crippen LogP contribution < -0.4 is 0 Å². The van der Waals surface area contributed by atoms with Gasteiger partial charge < -0.3 is 5.11 Å². The summed E-state index contributed by atoms with van der Waals surface area (Å²) in [6.45, 7) is 0. The third kappa shape index (κ3) is 2.81. The van der Waals surface area contributed by atoms with Gasteiger partial charge in [0, 0.05) is 21.2 Å². The molecule has 0 amide bonds. The number of benzene rings is 2. The van der Waals surface area contributed by atoms with Crippen molar-refractivity contribution in [1.82, 2.24) is 0 Å². The number of aliphatic hydroxyl groups is 1. The van der Waals surface area contributed by atoms with Crippen molar-refractivity contribution >= 4 is 46.6 Å². The van der Waals surface area contributed by atoms with Crippen LogP contribution in [-0.4, -0.2) is 16.7 Å². The van der Waals surface area contributed by atoms with E-state index in [1.54, 1.807) is 42.5 Å². The Kier molecular flexibility index (Phi) is 4.07. The lowest BCUT2D eigenvalue weighted by Gasteiger charge is -1.99. The average Bonchev–Trinajstić information content (AvgIpc) is 2.78. The molecule has 1 N–H and O–H groups in total. The van der Waals surface area contributed by atoms with E-state index >= 15 is 0 Å². The topological polar surface area (TPSA) is 54.4 Å². The lowest BCUT2D eigenvalue weighted by atomic mass is 10.1. The largest absolute Gasteiger partial charge is 0.506 e. The van der Waals surface area contributed by atoms with Gasteiger partial charge in [0.1, 0.15) is 11.3 Å². The van der Waals surface area contributed by atoms with Crippen molar-refractivity contribution < 1.29 is 14.7 Å². The quantitative estimate of drug-likeness (QED) is 0.646. The fourth-order valence-electron chi connectivity index (χ4n) is 2.38. The molecule has 0 aliphatic heterocycles. The number of aliphatic hydroxyl groups excluding tert-OH is 1. The molecule has 0 radical (unpaired) electrons. The molecule has 5 heteroatoms. The van der Waals surface area contributed by atoms with Crippen molar-refractivity contribution in [2.45, 2.75) is 0 Å². The minimum atomic E-state index is -0.574. The summed E-state index contributed by atoms with van der Waals surface area (Å²) in [6, 6.07) is 11.4. The number of allylic oxidation sites excluding steroid dienone is 2. The Morgan fingerprint density at radius 2 is 1.74 bits per heavy atom. The number of ketones is 2. The van der Waals surface area contributed by atoms with Crippen molar-refractivity contribution in [2.75, 3.05) is 0 Å². The normalized spacial score (nSPS) is 13.7. The van der Waals surface area contributed by atoms with Gasteiger partial charge >= 0.3 is 0 Å². The predicted molar refractivity (Wildman–Crippen MR) is 90.8 cm³/mol. The van der Waals surface area contributed by atoms with Crippen molar-refractivity contribution in [3.8, 4) is 0 Å².